The SMILES string of the molecule is O=C(N1CCCCC1)N1[C@@H]2CC[C@H]1CC(c1cccnc1)C2. The van der Waals surface area contributed by atoms with Crippen LogP contribution < -0.4 is 0 Å². The van der Waals surface area contributed by atoms with Crippen molar-refractivity contribution < 1.29 is 4.79 Å². The molecule has 3 aliphatic heterocycles. The van der Waals surface area contributed by atoms with Crippen LogP contribution in [0.5, 0.6) is 0 Å². The van der Waals surface area contributed by atoms with E-state index >= 15 is 0 Å². The topological polar surface area (TPSA) is 36.4 Å². The lowest BCUT2D eigenvalue weighted by Crippen LogP contribution is -2.53. The van der Waals surface area contributed by atoms with E-state index in [-0.39, 0.29) is 0 Å². The van der Waals surface area contributed by atoms with Crippen LogP contribution in [0.4, 0.5) is 4.79 Å². The molecule has 3 saturated heterocycles. The third-order valence-corrected chi connectivity index (χ3v) is 5.74. The van der Waals surface area contributed by atoms with Gasteiger partial charge in [-0.15, -0.1) is 0 Å². The number of carbonyl (C=O) groups is 1. The van der Waals surface area contributed by atoms with E-state index in [1.807, 2.05) is 18.5 Å². The zero-order chi connectivity index (χ0) is 14.9. The molecule has 1 aromatic heterocycles. The molecule has 0 aliphatic carbocycles. The fourth-order valence-corrected chi connectivity index (χ4v) is 4.63. The Bertz CT molecular complexity index is 512. The Hall–Kier alpha value is -1.58. The fraction of sp³-hybridized carbons (Fsp3) is 0.667. The monoisotopic (exact) mass is 299 g/mol. The molecule has 2 bridgehead atoms. The number of amides is 2. The van der Waals surface area contributed by atoms with Gasteiger partial charge in [-0.3, -0.25) is 4.98 Å². The highest BCUT2D eigenvalue weighted by atomic mass is 16.2. The summed E-state index contributed by atoms with van der Waals surface area (Å²) in [6, 6.07) is 5.43. The number of rotatable bonds is 1. The van der Waals surface area contributed by atoms with E-state index in [9.17, 15) is 4.79 Å². The molecule has 4 nitrogen and oxygen atoms in total. The number of carbonyl (C=O) groups excluding carboxylic acids is 1. The van der Waals surface area contributed by atoms with E-state index in [1.54, 1.807) is 0 Å². The second-order valence-corrected chi connectivity index (χ2v) is 7.08. The molecule has 4 rings (SSSR count). The largest absolute Gasteiger partial charge is 0.325 e. The van der Waals surface area contributed by atoms with Crippen LogP contribution in [0.15, 0.2) is 24.5 Å². The first-order chi connectivity index (χ1) is 10.8. The summed E-state index contributed by atoms with van der Waals surface area (Å²) in [5.41, 5.74) is 1.35. The van der Waals surface area contributed by atoms with Gasteiger partial charge in [-0.05, 0) is 62.5 Å². The van der Waals surface area contributed by atoms with E-state index in [0.717, 1.165) is 25.9 Å². The minimum Gasteiger partial charge on any atom is -0.325 e. The van der Waals surface area contributed by atoms with Crippen molar-refractivity contribution in [2.45, 2.75) is 62.9 Å². The summed E-state index contributed by atoms with van der Waals surface area (Å²) >= 11 is 0. The van der Waals surface area contributed by atoms with Crippen molar-refractivity contribution in [1.82, 2.24) is 14.8 Å². The molecule has 0 N–H and O–H groups in total. The minimum absolute atomic E-state index is 0.317. The van der Waals surface area contributed by atoms with E-state index in [4.69, 9.17) is 0 Å². The average Bonchev–Trinajstić information content (AvgIpc) is 2.85. The number of likely N-dealkylation sites (tertiary alicyclic amines) is 1. The summed E-state index contributed by atoms with van der Waals surface area (Å²) in [5.74, 6) is 0.580. The molecule has 0 spiro atoms. The maximum Gasteiger partial charge on any atom is 0.320 e. The van der Waals surface area contributed by atoms with Crippen molar-refractivity contribution >= 4 is 6.03 Å². The highest BCUT2D eigenvalue weighted by Gasteiger charge is 2.44. The molecule has 0 radical (unpaired) electrons. The van der Waals surface area contributed by atoms with Crippen molar-refractivity contribution in [3.8, 4) is 0 Å². The molecule has 0 saturated carbocycles. The first kappa shape index (κ1) is 14.0. The molecular weight excluding hydrogens is 274 g/mol. The van der Waals surface area contributed by atoms with Crippen LogP contribution in [0, 0.1) is 0 Å². The second kappa shape index (κ2) is 5.90. The number of piperidine rings is 2. The first-order valence-corrected chi connectivity index (χ1v) is 8.80. The van der Waals surface area contributed by atoms with Gasteiger partial charge in [-0.2, -0.15) is 0 Å². The summed E-state index contributed by atoms with van der Waals surface area (Å²) in [5, 5.41) is 0. The number of hydrogen-bond acceptors (Lipinski definition) is 2. The molecule has 4 heterocycles. The number of pyridine rings is 1. The van der Waals surface area contributed by atoms with Gasteiger partial charge in [0.1, 0.15) is 0 Å². The summed E-state index contributed by atoms with van der Waals surface area (Å²) in [6.45, 7) is 1.92. The fourth-order valence-electron chi connectivity index (χ4n) is 4.63. The quantitative estimate of drug-likeness (QED) is 0.797. The van der Waals surface area contributed by atoms with Crippen LogP contribution >= 0.6 is 0 Å². The third-order valence-electron chi connectivity index (χ3n) is 5.74. The Labute approximate surface area is 132 Å². The van der Waals surface area contributed by atoms with Gasteiger partial charge in [0, 0.05) is 37.6 Å². The van der Waals surface area contributed by atoms with E-state index in [2.05, 4.69) is 20.9 Å². The van der Waals surface area contributed by atoms with Crippen molar-refractivity contribution in [1.29, 1.82) is 0 Å². The molecule has 118 valence electrons. The van der Waals surface area contributed by atoms with Crippen molar-refractivity contribution in [2.75, 3.05) is 13.1 Å². The number of fused-ring (bicyclic) bond motifs is 2. The molecule has 1 aromatic rings. The lowest BCUT2D eigenvalue weighted by molar-refractivity contribution is 0.0990. The average molecular weight is 299 g/mol. The Balaban J connectivity index is 1.48. The highest BCUT2D eigenvalue weighted by Crippen LogP contribution is 2.43. The maximum atomic E-state index is 12.9. The lowest BCUT2D eigenvalue weighted by atomic mass is 9.86. The van der Waals surface area contributed by atoms with Crippen molar-refractivity contribution in [3.05, 3.63) is 30.1 Å². The summed E-state index contributed by atoms with van der Waals surface area (Å²) in [6.07, 6.45) is 12.1. The predicted octanol–water partition coefficient (Wildman–Crippen LogP) is 3.40. The standard InChI is InChI=1S/C18H25N3O/c22-18(20-9-2-1-3-10-20)21-16-6-7-17(21)12-15(11-16)14-5-4-8-19-13-14/h4-5,8,13,15-17H,1-3,6-7,9-12H2/t15?,16-,17+. The Morgan fingerprint density at radius 1 is 1.09 bits per heavy atom. The molecule has 0 aromatic carbocycles. The molecule has 3 atom stereocenters. The number of nitrogens with zero attached hydrogens (tertiary/aromatic N) is 3. The zero-order valence-corrected chi connectivity index (χ0v) is 13.2. The molecule has 2 amide bonds. The highest BCUT2D eigenvalue weighted by molar-refractivity contribution is 5.76. The van der Waals surface area contributed by atoms with Gasteiger partial charge in [0.2, 0.25) is 0 Å². The van der Waals surface area contributed by atoms with Crippen LogP contribution in [0.25, 0.3) is 0 Å². The van der Waals surface area contributed by atoms with Crippen LogP contribution in [-0.4, -0.2) is 46.0 Å². The smallest absolute Gasteiger partial charge is 0.320 e. The normalized spacial score (nSPS) is 31.4. The lowest BCUT2D eigenvalue weighted by Gasteiger charge is -2.42. The van der Waals surface area contributed by atoms with Crippen LogP contribution in [-0.2, 0) is 0 Å². The van der Waals surface area contributed by atoms with E-state index in [0.29, 0.717) is 24.0 Å². The van der Waals surface area contributed by atoms with Gasteiger partial charge in [-0.1, -0.05) is 6.07 Å². The molecular formula is C18H25N3O. The second-order valence-electron chi connectivity index (χ2n) is 7.08. The molecule has 22 heavy (non-hydrogen) atoms. The molecule has 4 heteroatoms. The van der Waals surface area contributed by atoms with E-state index in [1.165, 1.54) is 37.7 Å². The van der Waals surface area contributed by atoms with Crippen LogP contribution in [0.3, 0.4) is 0 Å². The van der Waals surface area contributed by atoms with Gasteiger partial charge in [0.25, 0.3) is 0 Å². The minimum atomic E-state index is 0.317. The molecule has 1 unspecified atom stereocenters. The summed E-state index contributed by atoms with van der Waals surface area (Å²) in [4.78, 5) is 21.5. The number of aromatic nitrogens is 1. The van der Waals surface area contributed by atoms with E-state index < -0.39 is 0 Å². The van der Waals surface area contributed by atoms with Gasteiger partial charge in [0.05, 0.1) is 0 Å². The zero-order valence-electron chi connectivity index (χ0n) is 13.2. The van der Waals surface area contributed by atoms with Gasteiger partial charge in [0.15, 0.2) is 0 Å². The Morgan fingerprint density at radius 3 is 2.45 bits per heavy atom. The summed E-state index contributed by atoms with van der Waals surface area (Å²) in [7, 11) is 0. The molecule has 3 aliphatic rings. The number of hydrogen-bond donors (Lipinski definition) is 0. The van der Waals surface area contributed by atoms with Crippen LogP contribution in [0.1, 0.15) is 56.4 Å². The third kappa shape index (κ3) is 2.49. The summed E-state index contributed by atoms with van der Waals surface area (Å²) < 4.78 is 0. The van der Waals surface area contributed by atoms with Gasteiger partial charge < -0.3 is 9.80 Å². The Kier molecular flexibility index (Phi) is 3.77. The van der Waals surface area contributed by atoms with Gasteiger partial charge in [-0.25, -0.2) is 4.79 Å². The first-order valence-electron chi connectivity index (χ1n) is 8.80. The Morgan fingerprint density at radius 2 is 1.82 bits per heavy atom. The van der Waals surface area contributed by atoms with Crippen molar-refractivity contribution in [2.24, 2.45) is 0 Å². The molecule has 3 fully saturated rings. The van der Waals surface area contributed by atoms with Gasteiger partial charge >= 0.3 is 6.03 Å². The maximum absolute atomic E-state index is 12.9. The number of urea groups is 1. The predicted molar refractivity (Wildman–Crippen MR) is 85.7 cm³/mol. The van der Waals surface area contributed by atoms with Crippen LogP contribution in [0.2, 0.25) is 0 Å². The van der Waals surface area contributed by atoms with Crippen molar-refractivity contribution in [3.63, 3.8) is 0 Å².